The highest BCUT2D eigenvalue weighted by Crippen LogP contribution is 2.40. The third kappa shape index (κ3) is 3.00. The van der Waals surface area contributed by atoms with Gasteiger partial charge >= 0.3 is 5.97 Å². The molecule has 136 valence electrons. The minimum absolute atomic E-state index is 0.0639. The molecule has 3 rings (SSSR count). The zero-order valence-electron chi connectivity index (χ0n) is 14.4. The van der Waals surface area contributed by atoms with E-state index < -0.39 is 29.1 Å². The molecule has 0 saturated carbocycles. The molecule has 1 amide bonds. The van der Waals surface area contributed by atoms with Crippen molar-refractivity contribution < 1.29 is 27.8 Å². The van der Waals surface area contributed by atoms with Gasteiger partial charge in [-0.05, 0) is 19.1 Å². The van der Waals surface area contributed by atoms with Crippen molar-refractivity contribution in [1.29, 1.82) is 0 Å². The number of ether oxygens (including phenoxy) is 2. The maximum absolute atomic E-state index is 13.8. The molecule has 0 unspecified atom stereocenters. The third-order valence-electron chi connectivity index (χ3n) is 4.48. The predicted octanol–water partition coefficient (Wildman–Crippen LogP) is 3.89. The topological polar surface area (TPSA) is 64.6 Å². The molecule has 0 aliphatic carbocycles. The fourth-order valence-electron chi connectivity index (χ4n) is 2.88. The lowest BCUT2D eigenvalue weighted by Gasteiger charge is -2.11. The van der Waals surface area contributed by atoms with Gasteiger partial charge in [-0.25, -0.2) is 13.6 Å². The highest BCUT2D eigenvalue weighted by molar-refractivity contribution is 6.07. The summed E-state index contributed by atoms with van der Waals surface area (Å²) in [6, 6.07) is 7.02. The minimum atomic E-state index is -1.33. The molecule has 0 aromatic heterocycles. The number of carbonyl (C=O) groups excluding carboxylic acids is 2. The predicted molar refractivity (Wildman–Crippen MR) is 90.6 cm³/mol. The Kier molecular flexibility index (Phi) is 4.63. The number of halogens is 2. The molecular weight excluding hydrogens is 344 g/mol. The van der Waals surface area contributed by atoms with Crippen LogP contribution < -0.4 is 10.1 Å². The van der Waals surface area contributed by atoms with Crippen LogP contribution in [0.2, 0.25) is 0 Å². The molecule has 26 heavy (non-hydrogen) atoms. The highest BCUT2D eigenvalue weighted by Gasteiger charge is 2.31. The fraction of sp³-hybridized carbons (Fsp3) is 0.263. The molecule has 1 N–H and O–H groups in total. The number of rotatable bonds is 3. The van der Waals surface area contributed by atoms with Crippen molar-refractivity contribution in [2.75, 3.05) is 12.4 Å². The summed E-state index contributed by atoms with van der Waals surface area (Å²) in [6.07, 6.45) is -0.0758. The van der Waals surface area contributed by atoms with E-state index >= 15 is 0 Å². The van der Waals surface area contributed by atoms with Crippen LogP contribution in [0.3, 0.4) is 0 Å². The van der Waals surface area contributed by atoms with Gasteiger partial charge in [-0.2, -0.15) is 0 Å². The van der Waals surface area contributed by atoms with Crippen LogP contribution in [-0.4, -0.2) is 25.1 Å². The first-order valence-electron chi connectivity index (χ1n) is 8.01. The number of fused-ring (bicyclic) bond motifs is 1. The first-order chi connectivity index (χ1) is 12.3. The second-order valence-electron chi connectivity index (χ2n) is 6.10. The van der Waals surface area contributed by atoms with Crippen molar-refractivity contribution in [2.24, 2.45) is 0 Å². The quantitative estimate of drug-likeness (QED) is 0.843. The number of hydrogen-bond donors (Lipinski definition) is 1. The van der Waals surface area contributed by atoms with Crippen molar-refractivity contribution in [3.8, 4) is 5.75 Å². The van der Waals surface area contributed by atoms with Gasteiger partial charge in [-0.15, -0.1) is 0 Å². The summed E-state index contributed by atoms with van der Waals surface area (Å²) >= 11 is 0. The summed E-state index contributed by atoms with van der Waals surface area (Å²) < 4.78 is 37.7. The summed E-state index contributed by atoms with van der Waals surface area (Å²) in [5.41, 5.74) is 0.527. The van der Waals surface area contributed by atoms with E-state index in [-0.39, 0.29) is 23.3 Å². The maximum atomic E-state index is 13.8. The molecule has 0 radical (unpaired) electrons. The monoisotopic (exact) mass is 361 g/mol. The van der Waals surface area contributed by atoms with E-state index in [0.717, 1.165) is 24.8 Å². The standard InChI is InChI=1S/C19H17F2NO4/c1-9-10(2)26-17-12(9)5-4-6-13(17)18(23)22-11-7-14(19(24)25-3)16(21)15(20)8-11/h4-10H,1-3H3,(H,22,23)/t9-,10+/m0/s1. The van der Waals surface area contributed by atoms with Gasteiger partial charge in [-0.3, -0.25) is 4.79 Å². The Bertz CT molecular complexity index is 897. The van der Waals surface area contributed by atoms with Gasteiger partial charge < -0.3 is 14.8 Å². The number of esters is 1. The number of benzene rings is 2. The van der Waals surface area contributed by atoms with Gasteiger partial charge in [0, 0.05) is 23.2 Å². The van der Waals surface area contributed by atoms with Crippen molar-refractivity contribution in [1.82, 2.24) is 0 Å². The van der Waals surface area contributed by atoms with Crippen molar-refractivity contribution in [3.05, 3.63) is 58.7 Å². The van der Waals surface area contributed by atoms with Crippen LogP contribution in [0, 0.1) is 11.6 Å². The molecule has 2 aromatic carbocycles. The molecule has 2 aromatic rings. The van der Waals surface area contributed by atoms with E-state index in [0.29, 0.717) is 5.75 Å². The lowest BCUT2D eigenvalue weighted by molar-refractivity contribution is 0.0594. The first kappa shape index (κ1) is 17.8. The van der Waals surface area contributed by atoms with Crippen LogP contribution in [-0.2, 0) is 4.74 Å². The van der Waals surface area contributed by atoms with Crippen LogP contribution in [0.4, 0.5) is 14.5 Å². The Morgan fingerprint density at radius 2 is 1.88 bits per heavy atom. The van der Waals surface area contributed by atoms with E-state index in [9.17, 15) is 18.4 Å². The van der Waals surface area contributed by atoms with Crippen molar-refractivity contribution >= 4 is 17.6 Å². The number of hydrogen-bond acceptors (Lipinski definition) is 4. The van der Waals surface area contributed by atoms with Gasteiger partial charge in [0.25, 0.3) is 5.91 Å². The Balaban J connectivity index is 1.93. The molecule has 0 spiro atoms. The minimum Gasteiger partial charge on any atom is -0.489 e. The van der Waals surface area contributed by atoms with Gasteiger partial charge in [0.05, 0.1) is 12.7 Å². The zero-order valence-corrected chi connectivity index (χ0v) is 14.4. The van der Waals surface area contributed by atoms with Gasteiger partial charge in [-0.1, -0.05) is 19.1 Å². The Morgan fingerprint density at radius 1 is 1.15 bits per heavy atom. The second-order valence-corrected chi connectivity index (χ2v) is 6.10. The van der Waals surface area contributed by atoms with E-state index in [1.165, 1.54) is 0 Å². The van der Waals surface area contributed by atoms with Gasteiger partial charge in [0.1, 0.15) is 17.4 Å². The van der Waals surface area contributed by atoms with Gasteiger partial charge in [0.2, 0.25) is 0 Å². The summed E-state index contributed by atoms with van der Waals surface area (Å²) in [6.45, 7) is 3.90. The number of methoxy groups -OCH3 is 1. The first-order valence-corrected chi connectivity index (χ1v) is 8.01. The average molecular weight is 361 g/mol. The number of amides is 1. The van der Waals surface area contributed by atoms with E-state index in [1.54, 1.807) is 12.1 Å². The molecule has 0 fully saturated rings. The highest BCUT2D eigenvalue weighted by atomic mass is 19.2. The van der Waals surface area contributed by atoms with Gasteiger partial charge in [0.15, 0.2) is 11.6 Å². The SMILES string of the molecule is COC(=O)c1cc(NC(=O)c2cccc3c2O[C@H](C)[C@@H]3C)cc(F)c1F. The lowest BCUT2D eigenvalue weighted by Crippen LogP contribution is -2.15. The molecule has 1 heterocycles. The summed E-state index contributed by atoms with van der Waals surface area (Å²) in [5, 5.41) is 2.47. The molecular formula is C19H17F2NO4. The Hall–Kier alpha value is -2.96. The molecule has 1 aliphatic heterocycles. The van der Waals surface area contributed by atoms with Crippen LogP contribution in [0.25, 0.3) is 0 Å². The molecule has 0 bridgehead atoms. The normalized spacial score (nSPS) is 18.0. The Labute approximate surface area is 148 Å². The molecule has 7 heteroatoms. The smallest absolute Gasteiger partial charge is 0.341 e. The fourth-order valence-corrected chi connectivity index (χ4v) is 2.88. The number of carbonyl (C=O) groups is 2. The lowest BCUT2D eigenvalue weighted by atomic mass is 9.97. The van der Waals surface area contributed by atoms with Crippen LogP contribution >= 0.6 is 0 Å². The maximum Gasteiger partial charge on any atom is 0.341 e. The van der Waals surface area contributed by atoms with Crippen LogP contribution in [0.5, 0.6) is 5.75 Å². The van der Waals surface area contributed by atoms with Crippen LogP contribution in [0.1, 0.15) is 46.0 Å². The zero-order chi connectivity index (χ0) is 19.0. The molecule has 2 atom stereocenters. The third-order valence-corrected chi connectivity index (χ3v) is 4.48. The average Bonchev–Trinajstić information content (AvgIpc) is 2.91. The summed E-state index contributed by atoms with van der Waals surface area (Å²) in [7, 11) is 1.05. The van der Waals surface area contributed by atoms with Crippen molar-refractivity contribution in [2.45, 2.75) is 25.9 Å². The summed E-state index contributed by atoms with van der Waals surface area (Å²) in [5.74, 6) is -3.58. The number of nitrogens with one attached hydrogen (secondary N) is 1. The van der Waals surface area contributed by atoms with E-state index in [2.05, 4.69) is 10.1 Å². The second kappa shape index (κ2) is 6.74. The largest absolute Gasteiger partial charge is 0.489 e. The summed E-state index contributed by atoms with van der Waals surface area (Å²) in [4.78, 5) is 24.2. The number of para-hydroxylation sites is 1. The van der Waals surface area contributed by atoms with Crippen molar-refractivity contribution in [3.63, 3.8) is 0 Å². The number of anilines is 1. The molecule has 0 saturated heterocycles. The van der Waals surface area contributed by atoms with E-state index in [1.807, 2.05) is 19.9 Å². The van der Waals surface area contributed by atoms with Crippen LogP contribution in [0.15, 0.2) is 30.3 Å². The Morgan fingerprint density at radius 3 is 2.58 bits per heavy atom. The van der Waals surface area contributed by atoms with E-state index in [4.69, 9.17) is 4.74 Å². The molecule has 1 aliphatic rings. The molecule has 5 nitrogen and oxygen atoms in total.